The van der Waals surface area contributed by atoms with Crippen LogP contribution in [0, 0.1) is 17.6 Å². The van der Waals surface area contributed by atoms with Crippen molar-refractivity contribution in [3.05, 3.63) is 66.6 Å². The Morgan fingerprint density at radius 1 is 1.09 bits per heavy atom. The quantitative estimate of drug-likeness (QED) is 0.504. The molecule has 7 nitrogen and oxygen atoms in total. The number of benzene rings is 1. The fraction of sp³-hybridized carbons (Fsp3) is 0.261. The highest BCUT2D eigenvalue weighted by molar-refractivity contribution is 5.74. The third-order valence-electron chi connectivity index (χ3n) is 6.00. The topological polar surface area (TPSA) is 84.4 Å². The summed E-state index contributed by atoms with van der Waals surface area (Å²) >= 11 is 0. The molecule has 1 aliphatic heterocycles. The van der Waals surface area contributed by atoms with Crippen LogP contribution in [0.1, 0.15) is 13.3 Å². The first-order chi connectivity index (χ1) is 15.5. The third-order valence-corrected chi connectivity index (χ3v) is 6.00. The lowest BCUT2D eigenvalue weighted by atomic mass is 9.94. The summed E-state index contributed by atoms with van der Waals surface area (Å²) in [6, 6.07) is 9.09. The van der Waals surface area contributed by atoms with Crippen molar-refractivity contribution < 1.29 is 8.78 Å². The standard InChI is InChI=1S/C23H23F2N7/c1-14-8-10-31(13-18(14)26)21-7-9-27-12-20(21)29-23-28-11-15-5-6-19(30-32(15)23)22-16(24)3-2-4-17(22)25/h2-7,9,11-12,14,18H,8,10,13,26H2,1H3,(H,28,29)/t14-,18+/m0/s1. The molecule has 1 fully saturated rings. The van der Waals surface area contributed by atoms with Crippen LogP contribution in [-0.4, -0.2) is 38.7 Å². The number of aromatic nitrogens is 4. The van der Waals surface area contributed by atoms with Crippen LogP contribution in [0.3, 0.4) is 0 Å². The number of nitrogens with two attached hydrogens (primary N) is 1. The number of pyridine rings is 1. The predicted molar refractivity (Wildman–Crippen MR) is 120 cm³/mol. The second-order valence-electron chi connectivity index (χ2n) is 8.13. The maximum atomic E-state index is 14.3. The summed E-state index contributed by atoms with van der Waals surface area (Å²) in [5, 5.41) is 7.73. The summed E-state index contributed by atoms with van der Waals surface area (Å²) < 4.78 is 30.1. The van der Waals surface area contributed by atoms with Crippen molar-refractivity contribution in [3.63, 3.8) is 0 Å². The number of nitrogens with zero attached hydrogens (tertiary/aromatic N) is 5. The average molecular weight is 435 g/mol. The van der Waals surface area contributed by atoms with Crippen LogP contribution in [0.5, 0.6) is 0 Å². The van der Waals surface area contributed by atoms with E-state index in [0.717, 1.165) is 30.9 Å². The fourth-order valence-electron chi connectivity index (χ4n) is 4.04. The Labute approximate surface area is 183 Å². The number of halogens is 2. The van der Waals surface area contributed by atoms with E-state index in [-0.39, 0.29) is 17.3 Å². The molecule has 32 heavy (non-hydrogen) atoms. The Morgan fingerprint density at radius 3 is 2.69 bits per heavy atom. The maximum absolute atomic E-state index is 14.3. The zero-order chi connectivity index (χ0) is 22.2. The monoisotopic (exact) mass is 435 g/mol. The third kappa shape index (κ3) is 3.64. The van der Waals surface area contributed by atoms with Gasteiger partial charge in [-0.2, -0.15) is 9.61 Å². The van der Waals surface area contributed by atoms with Gasteiger partial charge < -0.3 is 16.0 Å². The van der Waals surface area contributed by atoms with Gasteiger partial charge in [0.05, 0.1) is 40.5 Å². The Balaban J connectivity index is 1.51. The Morgan fingerprint density at radius 2 is 1.91 bits per heavy atom. The molecule has 0 unspecified atom stereocenters. The van der Waals surface area contributed by atoms with E-state index in [2.05, 4.69) is 32.2 Å². The zero-order valence-electron chi connectivity index (χ0n) is 17.5. The van der Waals surface area contributed by atoms with E-state index in [1.807, 2.05) is 6.07 Å². The number of anilines is 3. The van der Waals surface area contributed by atoms with Crippen LogP contribution in [0.2, 0.25) is 0 Å². The summed E-state index contributed by atoms with van der Waals surface area (Å²) in [6.07, 6.45) is 6.12. The van der Waals surface area contributed by atoms with Gasteiger partial charge in [0, 0.05) is 25.3 Å². The molecule has 1 aromatic carbocycles. The molecule has 0 aliphatic carbocycles. The highest BCUT2D eigenvalue weighted by Crippen LogP contribution is 2.31. The Bertz CT molecular complexity index is 1250. The molecule has 4 aromatic rings. The molecule has 0 saturated carbocycles. The second kappa shape index (κ2) is 8.16. The van der Waals surface area contributed by atoms with Crippen molar-refractivity contribution in [1.29, 1.82) is 0 Å². The largest absolute Gasteiger partial charge is 0.368 e. The van der Waals surface area contributed by atoms with E-state index >= 15 is 0 Å². The molecule has 3 aromatic heterocycles. The molecule has 0 radical (unpaired) electrons. The van der Waals surface area contributed by atoms with Gasteiger partial charge in [-0.3, -0.25) is 4.98 Å². The molecule has 1 saturated heterocycles. The van der Waals surface area contributed by atoms with Crippen LogP contribution < -0.4 is 16.0 Å². The summed E-state index contributed by atoms with van der Waals surface area (Å²) in [5.74, 6) is -0.446. The van der Waals surface area contributed by atoms with E-state index in [0.29, 0.717) is 17.4 Å². The molecule has 1 aliphatic rings. The van der Waals surface area contributed by atoms with Crippen molar-refractivity contribution in [2.75, 3.05) is 23.3 Å². The van der Waals surface area contributed by atoms with Gasteiger partial charge in [-0.15, -0.1) is 0 Å². The van der Waals surface area contributed by atoms with Crippen LogP contribution in [0.15, 0.2) is 55.0 Å². The number of piperidine rings is 1. The fourth-order valence-corrected chi connectivity index (χ4v) is 4.04. The van der Waals surface area contributed by atoms with Crippen molar-refractivity contribution in [2.24, 2.45) is 11.7 Å². The van der Waals surface area contributed by atoms with Gasteiger partial charge in [0.2, 0.25) is 5.95 Å². The van der Waals surface area contributed by atoms with Gasteiger partial charge in [-0.05, 0) is 42.7 Å². The lowest BCUT2D eigenvalue weighted by Crippen LogP contribution is -2.47. The normalized spacial score (nSPS) is 18.8. The summed E-state index contributed by atoms with van der Waals surface area (Å²) in [5.41, 5.74) is 8.71. The predicted octanol–water partition coefficient (Wildman–Crippen LogP) is 3.99. The van der Waals surface area contributed by atoms with Crippen molar-refractivity contribution in [1.82, 2.24) is 19.6 Å². The molecule has 3 N–H and O–H groups in total. The molecule has 2 atom stereocenters. The molecule has 0 amide bonds. The van der Waals surface area contributed by atoms with Crippen molar-refractivity contribution in [3.8, 4) is 11.3 Å². The van der Waals surface area contributed by atoms with Gasteiger partial charge in [-0.25, -0.2) is 13.8 Å². The van der Waals surface area contributed by atoms with Gasteiger partial charge in [0.15, 0.2) is 0 Å². The number of nitrogens with one attached hydrogen (secondary N) is 1. The number of imidazole rings is 1. The number of hydrogen-bond acceptors (Lipinski definition) is 6. The lowest BCUT2D eigenvalue weighted by Gasteiger charge is -2.37. The van der Waals surface area contributed by atoms with Crippen LogP contribution in [0.4, 0.5) is 26.1 Å². The van der Waals surface area contributed by atoms with Crippen molar-refractivity contribution >= 4 is 22.8 Å². The van der Waals surface area contributed by atoms with E-state index in [1.165, 1.54) is 22.7 Å². The van der Waals surface area contributed by atoms with Gasteiger partial charge in [-0.1, -0.05) is 13.0 Å². The van der Waals surface area contributed by atoms with E-state index in [9.17, 15) is 8.78 Å². The molecule has 0 bridgehead atoms. The Hall–Kier alpha value is -3.59. The summed E-state index contributed by atoms with van der Waals surface area (Å²) in [4.78, 5) is 10.9. The van der Waals surface area contributed by atoms with E-state index in [1.54, 1.807) is 30.7 Å². The first-order valence-corrected chi connectivity index (χ1v) is 10.5. The molecule has 4 heterocycles. The number of fused-ring (bicyclic) bond motifs is 1. The van der Waals surface area contributed by atoms with E-state index < -0.39 is 11.6 Å². The minimum absolute atomic E-state index is 0.0944. The highest BCUT2D eigenvalue weighted by atomic mass is 19.1. The molecule has 9 heteroatoms. The number of hydrogen-bond donors (Lipinski definition) is 2. The second-order valence-corrected chi connectivity index (χ2v) is 8.13. The molecule has 0 spiro atoms. The SMILES string of the molecule is C[C@H]1CCN(c2ccncc2Nc2ncc3ccc(-c4c(F)cccc4F)nn23)C[C@H]1N. The average Bonchev–Trinajstić information content (AvgIpc) is 3.18. The highest BCUT2D eigenvalue weighted by Gasteiger charge is 2.25. The minimum atomic E-state index is -0.670. The zero-order valence-corrected chi connectivity index (χ0v) is 17.5. The van der Waals surface area contributed by atoms with Gasteiger partial charge >= 0.3 is 0 Å². The van der Waals surface area contributed by atoms with Gasteiger partial charge in [0.1, 0.15) is 11.6 Å². The lowest BCUT2D eigenvalue weighted by molar-refractivity contribution is 0.379. The minimum Gasteiger partial charge on any atom is -0.368 e. The summed E-state index contributed by atoms with van der Waals surface area (Å²) in [6.45, 7) is 3.81. The smallest absolute Gasteiger partial charge is 0.229 e. The van der Waals surface area contributed by atoms with Crippen LogP contribution >= 0.6 is 0 Å². The molecule has 5 rings (SSSR count). The Kier molecular flexibility index (Phi) is 5.18. The maximum Gasteiger partial charge on any atom is 0.229 e. The molecular formula is C23H23F2N7. The van der Waals surface area contributed by atoms with Crippen LogP contribution in [0.25, 0.3) is 16.8 Å². The van der Waals surface area contributed by atoms with Gasteiger partial charge in [0.25, 0.3) is 0 Å². The molecule has 164 valence electrons. The summed E-state index contributed by atoms with van der Waals surface area (Å²) in [7, 11) is 0. The number of rotatable bonds is 4. The van der Waals surface area contributed by atoms with Crippen LogP contribution in [-0.2, 0) is 0 Å². The first kappa shape index (κ1) is 20.3. The molecular weight excluding hydrogens is 412 g/mol. The van der Waals surface area contributed by atoms with E-state index in [4.69, 9.17) is 5.73 Å². The first-order valence-electron chi connectivity index (χ1n) is 10.5. The van der Waals surface area contributed by atoms with Crippen molar-refractivity contribution in [2.45, 2.75) is 19.4 Å².